The summed E-state index contributed by atoms with van der Waals surface area (Å²) in [5.74, 6) is -2.09. The zero-order valence-electron chi connectivity index (χ0n) is 18.6. The zero-order valence-corrected chi connectivity index (χ0v) is 18.6. The Morgan fingerprint density at radius 1 is 1.09 bits per heavy atom. The van der Waals surface area contributed by atoms with E-state index in [0.717, 1.165) is 4.90 Å². The number of hydrogen-bond acceptors (Lipinski definition) is 7. The maximum atomic E-state index is 13.3. The Bertz CT molecular complexity index is 1090. The molecule has 1 N–H and O–H groups in total. The van der Waals surface area contributed by atoms with Crippen molar-refractivity contribution >= 4 is 35.2 Å². The van der Waals surface area contributed by atoms with Crippen molar-refractivity contribution in [2.24, 2.45) is 5.11 Å². The van der Waals surface area contributed by atoms with E-state index in [4.69, 9.17) is 5.53 Å². The third kappa shape index (κ3) is 4.44. The number of carbonyl (C=O) groups is 5. The molecule has 1 unspecified atom stereocenters. The number of azide groups is 1. The molecule has 178 valence electrons. The lowest BCUT2D eigenvalue weighted by Gasteiger charge is -2.37. The molecule has 4 rings (SSSR count). The van der Waals surface area contributed by atoms with Crippen molar-refractivity contribution < 1.29 is 24.0 Å². The van der Waals surface area contributed by atoms with Crippen molar-refractivity contribution in [3.05, 3.63) is 39.8 Å². The van der Waals surface area contributed by atoms with Gasteiger partial charge in [-0.05, 0) is 36.9 Å². The Morgan fingerprint density at radius 3 is 2.56 bits per heavy atom. The molecule has 0 saturated carbocycles. The summed E-state index contributed by atoms with van der Waals surface area (Å²) in [6, 6.07) is 4.03. The number of amides is 5. The van der Waals surface area contributed by atoms with Crippen LogP contribution in [0.15, 0.2) is 23.3 Å². The topological polar surface area (TPSA) is 156 Å². The maximum Gasteiger partial charge on any atom is 0.264 e. The van der Waals surface area contributed by atoms with Gasteiger partial charge in [0, 0.05) is 50.5 Å². The van der Waals surface area contributed by atoms with Gasteiger partial charge < -0.3 is 9.80 Å². The van der Waals surface area contributed by atoms with E-state index in [2.05, 4.69) is 15.3 Å². The molecule has 0 aromatic heterocycles. The van der Waals surface area contributed by atoms with Crippen LogP contribution in [0.1, 0.15) is 52.8 Å². The normalized spacial score (nSPS) is 20.2. The molecular formula is C22H25N7O5. The van der Waals surface area contributed by atoms with Crippen LogP contribution >= 0.6 is 0 Å². The van der Waals surface area contributed by atoms with E-state index in [1.807, 2.05) is 4.90 Å². The van der Waals surface area contributed by atoms with Gasteiger partial charge in [-0.15, -0.1) is 0 Å². The molecule has 0 spiro atoms. The molecule has 0 bridgehead atoms. The third-order valence-electron chi connectivity index (χ3n) is 6.38. The van der Waals surface area contributed by atoms with Gasteiger partial charge in [0.25, 0.3) is 11.8 Å². The predicted molar refractivity (Wildman–Crippen MR) is 120 cm³/mol. The molecular weight excluding hydrogens is 442 g/mol. The van der Waals surface area contributed by atoms with Gasteiger partial charge in [-0.3, -0.25) is 34.2 Å². The SMILES string of the molecule is [N-]=[N+]=NCCCCC(=O)N1CCN(c2cccc3c2C(=O)N(C2CCC(=O)NC2=O)C3=O)CC1. The van der Waals surface area contributed by atoms with Crippen LogP contribution in [0.25, 0.3) is 10.4 Å². The fourth-order valence-corrected chi connectivity index (χ4v) is 4.62. The van der Waals surface area contributed by atoms with Gasteiger partial charge in [0.05, 0.1) is 16.8 Å². The van der Waals surface area contributed by atoms with Crippen molar-refractivity contribution in [1.29, 1.82) is 0 Å². The van der Waals surface area contributed by atoms with Crippen LogP contribution < -0.4 is 10.2 Å². The minimum Gasteiger partial charge on any atom is -0.367 e. The quantitative estimate of drug-likeness (QED) is 0.209. The molecule has 34 heavy (non-hydrogen) atoms. The summed E-state index contributed by atoms with van der Waals surface area (Å²) in [6.45, 7) is 2.34. The monoisotopic (exact) mass is 467 g/mol. The van der Waals surface area contributed by atoms with E-state index >= 15 is 0 Å². The molecule has 0 aliphatic carbocycles. The van der Waals surface area contributed by atoms with E-state index in [1.54, 1.807) is 23.1 Å². The molecule has 2 saturated heterocycles. The molecule has 5 amide bonds. The van der Waals surface area contributed by atoms with Crippen LogP contribution in [0, 0.1) is 0 Å². The average Bonchev–Trinajstić information content (AvgIpc) is 3.09. The fraction of sp³-hybridized carbons (Fsp3) is 0.500. The smallest absolute Gasteiger partial charge is 0.264 e. The number of piperidine rings is 1. The summed E-state index contributed by atoms with van der Waals surface area (Å²) >= 11 is 0. The first-order chi connectivity index (χ1) is 16.4. The number of nitrogens with zero attached hydrogens (tertiary/aromatic N) is 6. The molecule has 1 atom stereocenters. The highest BCUT2D eigenvalue weighted by molar-refractivity contribution is 6.25. The Morgan fingerprint density at radius 2 is 1.85 bits per heavy atom. The average molecular weight is 467 g/mol. The number of hydrogen-bond donors (Lipinski definition) is 1. The van der Waals surface area contributed by atoms with Gasteiger partial charge in [0.15, 0.2) is 0 Å². The number of fused-ring (bicyclic) bond motifs is 1. The van der Waals surface area contributed by atoms with Crippen molar-refractivity contribution in [3.63, 3.8) is 0 Å². The number of nitrogens with one attached hydrogen (secondary N) is 1. The third-order valence-corrected chi connectivity index (χ3v) is 6.38. The number of imide groups is 2. The van der Waals surface area contributed by atoms with Crippen molar-refractivity contribution in [3.8, 4) is 0 Å². The standard InChI is InChI=1S/C22H25N7O5/c23-26-24-9-2-1-6-18(31)28-12-10-27(11-13-28)15-5-3-4-14-19(15)22(34)29(21(14)33)16-7-8-17(30)25-20(16)32/h3-5,16H,1-2,6-13H2,(H,25,30,32). The molecule has 12 nitrogen and oxygen atoms in total. The lowest BCUT2D eigenvalue weighted by molar-refractivity contribution is -0.136. The Kier molecular flexibility index (Phi) is 6.78. The van der Waals surface area contributed by atoms with E-state index in [9.17, 15) is 24.0 Å². The second kappa shape index (κ2) is 9.92. The molecule has 0 radical (unpaired) electrons. The van der Waals surface area contributed by atoms with E-state index in [0.29, 0.717) is 57.7 Å². The largest absolute Gasteiger partial charge is 0.367 e. The Hall–Kier alpha value is -3.92. The zero-order chi connectivity index (χ0) is 24.2. The molecule has 1 aromatic rings. The summed E-state index contributed by atoms with van der Waals surface area (Å²) in [5.41, 5.74) is 9.40. The van der Waals surface area contributed by atoms with E-state index in [-0.39, 0.29) is 29.9 Å². The summed E-state index contributed by atoms with van der Waals surface area (Å²) in [7, 11) is 0. The number of anilines is 1. The van der Waals surface area contributed by atoms with E-state index in [1.165, 1.54) is 0 Å². The number of carbonyl (C=O) groups excluding carboxylic acids is 5. The highest BCUT2D eigenvalue weighted by atomic mass is 16.2. The number of piperazine rings is 1. The fourth-order valence-electron chi connectivity index (χ4n) is 4.62. The van der Waals surface area contributed by atoms with Crippen molar-refractivity contribution in [2.45, 2.75) is 38.1 Å². The molecule has 3 heterocycles. The second-order valence-electron chi connectivity index (χ2n) is 8.43. The van der Waals surface area contributed by atoms with Crippen LogP contribution in [0.5, 0.6) is 0 Å². The van der Waals surface area contributed by atoms with Gasteiger partial charge in [-0.1, -0.05) is 11.2 Å². The first-order valence-electron chi connectivity index (χ1n) is 11.3. The summed E-state index contributed by atoms with van der Waals surface area (Å²) < 4.78 is 0. The number of unbranched alkanes of at least 4 members (excludes halogenated alkanes) is 1. The van der Waals surface area contributed by atoms with E-state index < -0.39 is 29.7 Å². The first-order valence-corrected chi connectivity index (χ1v) is 11.3. The molecule has 3 aliphatic rings. The lowest BCUT2D eigenvalue weighted by atomic mass is 10.0. The van der Waals surface area contributed by atoms with Gasteiger partial charge in [-0.25, -0.2) is 0 Å². The maximum absolute atomic E-state index is 13.3. The first kappa shape index (κ1) is 23.2. The molecule has 3 aliphatic heterocycles. The van der Waals surface area contributed by atoms with Gasteiger partial charge >= 0.3 is 0 Å². The Labute approximate surface area is 195 Å². The molecule has 2 fully saturated rings. The molecule has 12 heteroatoms. The minimum absolute atomic E-state index is 0.0363. The second-order valence-corrected chi connectivity index (χ2v) is 8.43. The predicted octanol–water partition coefficient (Wildman–Crippen LogP) is 1.22. The number of benzene rings is 1. The highest BCUT2D eigenvalue weighted by Crippen LogP contribution is 2.34. The summed E-state index contributed by atoms with van der Waals surface area (Å²) in [4.78, 5) is 70.0. The Balaban J connectivity index is 1.43. The minimum atomic E-state index is -1.01. The highest BCUT2D eigenvalue weighted by Gasteiger charge is 2.46. The molecule has 1 aromatic carbocycles. The van der Waals surface area contributed by atoms with Gasteiger partial charge in [-0.2, -0.15) is 0 Å². The van der Waals surface area contributed by atoms with Crippen LogP contribution in [-0.2, 0) is 14.4 Å². The van der Waals surface area contributed by atoms with Gasteiger partial charge in [0.2, 0.25) is 17.7 Å². The lowest BCUT2D eigenvalue weighted by Crippen LogP contribution is -2.54. The summed E-state index contributed by atoms with van der Waals surface area (Å²) in [6.07, 6.45) is 1.87. The van der Waals surface area contributed by atoms with Crippen molar-refractivity contribution in [2.75, 3.05) is 37.6 Å². The van der Waals surface area contributed by atoms with Crippen LogP contribution in [0.3, 0.4) is 0 Å². The van der Waals surface area contributed by atoms with Crippen molar-refractivity contribution in [1.82, 2.24) is 15.1 Å². The number of rotatable bonds is 7. The van der Waals surface area contributed by atoms with Crippen LogP contribution in [0.2, 0.25) is 0 Å². The van der Waals surface area contributed by atoms with Crippen LogP contribution in [-0.4, -0.2) is 78.1 Å². The van der Waals surface area contributed by atoms with Crippen LogP contribution in [0.4, 0.5) is 5.69 Å². The van der Waals surface area contributed by atoms with Gasteiger partial charge in [0.1, 0.15) is 6.04 Å². The summed E-state index contributed by atoms with van der Waals surface area (Å²) in [5, 5.41) is 5.66.